The lowest BCUT2D eigenvalue weighted by Gasteiger charge is -2.28. The van der Waals surface area contributed by atoms with Gasteiger partial charge in [-0.3, -0.25) is 14.2 Å². The molecule has 0 fully saturated rings. The first-order valence-corrected chi connectivity index (χ1v) is 19.7. The smallest absolute Gasteiger partial charge is 0.306 e. The molecule has 0 amide bonds. The Balaban J connectivity index is 4.44. The van der Waals surface area contributed by atoms with E-state index < -0.39 is 32.5 Å². The Labute approximate surface area is 287 Å². The van der Waals surface area contributed by atoms with Crippen LogP contribution in [0.4, 0.5) is 0 Å². The van der Waals surface area contributed by atoms with Crippen LogP contribution in [0.2, 0.25) is 0 Å². The first-order chi connectivity index (χ1) is 22.5. The Bertz CT molecular complexity index is 913. The van der Waals surface area contributed by atoms with Crippen molar-refractivity contribution >= 4 is 19.8 Å². The van der Waals surface area contributed by atoms with Crippen LogP contribution < -0.4 is 4.89 Å². The Morgan fingerprint density at radius 2 is 1.21 bits per heavy atom. The molecule has 0 spiro atoms. The number of rotatable bonds is 32. The fraction of sp³-hybridized carbons (Fsp3) is 0.784. The number of likely N-dealkylation sites (N-methyl/N-ethyl adjacent to an activating group) is 1. The Kier molecular flexibility index (Phi) is 29.2. The summed E-state index contributed by atoms with van der Waals surface area (Å²) >= 11 is 0. The molecular weight excluding hydrogens is 617 g/mol. The second-order valence-corrected chi connectivity index (χ2v) is 14.6. The minimum absolute atomic E-state index is 0.0338. The van der Waals surface area contributed by atoms with Gasteiger partial charge in [0, 0.05) is 12.8 Å². The van der Waals surface area contributed by atoms with E-state index in [0.717, 1.165) is 70.6 Å². The lowest BCUT2D eigenvalue weighted by atomic mass is 10.1. The van der Waals surface area contributed by atoms with Gasteiger partial charge >= 0.3 is 11.9 Å². The second-order valence-electron chi connectivity index (χ2n) is 13.2. The van der Waals surface area contributed by atoms with E-state index in [-0.39, 0.29) is 26.1 Å². The maximum atomic E-state index is 12.5. The minimum atomic E-state index is -4.61. The Hall–Kier alpha value is -1.77. The molecule has 10 heteroatoms. The van der Waals surface area contributed by atoms with E-state index >= 15 is 0 Å². The molecular formula is C37H68NO8P. The van der Waals surface area contributed by atoms with Crippen molar-refractivity contribution in [3.05, 3.63) is 36.5 Å². The Morgan fingerprint density at radius 1 is 0.681 bits per heavy atom. The van der Waals surface area contributed by atoms with Gasteiger partial charge in [-0.1, -0.05) is 115 Å². The number of ether oxygens (including phenoxy) is 2. The van der Waals surface area contributed by atoms with Crippen molar-refractivity contribution in [2.24, 2.45) is 0 Å². The standard InChI is InChI=1S/C37H68NO8P/c1-6-8-10-12-14-16-17-18-19-20-21-22-24-25-27-29-36(39)43-33-35(34-45-47(41,42)44-32-31-38(3,4)5)46-37(40)30-28-26-23-15-13-11-9-7-2/h8,10,14,16,18-19,35H,6-7,9,11-13,15,17,20-34H2,1-5H3/b10-8+,16-14+,19-18+/t35-/m0/s1. The van der Waals surface area contributed by atoms with E-state index in [2.05, 4.69) is 50.3 Å². The van der Waals surface area contributed by atoms with Crippen LogP contribution in [-0.4, -0.2) is 70.0 Å². The van der Waals surface area contributed by atoms with Crippen molar-refractivity contribution < 1.29 is 42.1 Å². The monoisotopic (exact) mass is 685 g/mol. The molecule has 0 aromatic carbocycles. The molecule has 0 aromatic rings. The summed E-state index contributed by atoms with van der Waals surface area (Å²) in [6, 6.07) is 0. The summed E-state index contributed by atoms with van der Waals surface area (Å²) in [7, 11) is 1.15. The van der Waals surface area contributed by atoms with Gasteiger partial charge in [0.1, 0.15) is 19.8 Å². The van der Waals surface area contributed by atoms with Gasteiger partial charge < -0.3 is 27.9 Å². The van der Waals surface area contributed by atoms with Gasteiger partial charge in [0.15, 0.2) is 6.10 Å². The molecule has 9 nitrogen and oxygen atoms in total. The van der Waals surface area contributed by atoms with E-state index in [0.29, 0.717) is 23.9 Å². The highest BCUT2D eigenvalue weighted by Crippen LogP contribution is 2.38. The predicted octanol–water partition coefficient (Wildman–Crippen LogP) is 8.77. The number of hydrogen-bond donors (Lipinski definition) is 0. The van der Waals surface area contributed by atoms with E-state index in [1.165, 1.54) is 25.7 Å². The van der Waals surface area contributed by atoms with E-state index in [1.807, 2.05) is 21.1 Å². The van der Waals surface area contributed by atoms with Crippen LogP contribution in [0.5, 0.6) is 0 Å². The van der Waals surface area contributed by atoms with Gasteiger partial charge in [-0.2, -0.15) is 0 Å². The largest absolute Gasteiger partial charge is 0.756 e. The molecule has 0 aliphatic rings. The van der Waals surface area contributed by atoms with Crippen molar-refractivity contribution in [3.63, 3.8) is 0 Å². The molecule has 0 N–H and O–H groups in total. The van der Waals surface area contributed by atoms with Crippen molar-refractivity contribution in [2.45, 2.75) is 142 Å². The van der Waals surface area contributed by atoms with Crippen LogP contribution in [-0.2, 0) is 32.7 Å². The third-order valence-electron chi connectivity index (χ3n) is 7.42. The molecule has 274 valence electrons. The maximum absolute atomic E-state index is 12.5. The average Bonchev–Trinajstić information content (AvgIpc) is 3.01. The molecule has 2 atom stereocenters. The van der Waals surface area contributed by atoms with Gasteiger partial charge in [-0.15, -0.1) is 0 Å². The molecule has 0 bridgehead atoms. The second kappa shape index (κ2) is 30.3. The number of hydrogen-bond acceptors (Lipinski definition) is 8. The highest BCUT2D eigenvalue weighted by Gasteiger charge is 2.21. The minimum Gasteiger partial charge on any atom is -0.756 e. The normalized spacial score (nSPS) is 14.3. The topological polar surface area (TPSA) is 111 Å². The Morgan fingerprint density at radius 3 is 1.81 bits per heavy atom. The maximum Gasteiger partial charge on any atom is 0.306 e. The number of allylic oxidation sites excluding steroid dienone is 6. The third-order valence-corrected chi connectivity index (χ3v) is 8.39. The highest BCUT2D eigenvalue weighted by atomic mass is 31.2. The number of nitrogens with zero attached hydrogens (tertiary/aromatic N) is 1. The average molecular weight is 686 g/mol. The number of phosphoric ester groups is 1. The van der Waals surface area contributed by atoms with Gasteiger partial charge in [0.25, 0.3) is 7.82 Å². The quantitative estimate of drug-likeness (QED) is 0.0227. The lowest BCUT2D eigenvalue weighted by Crippen LogP contribution is -2.37. The zero-order chi connectivity index (χ0) is 35.1. The molecule has 0 aromatic heterocycles. The number of unbranched alkanes of at least 4 members (excludes halogenated alkanes) is 12. The van der Waals surface area contributed by atoms with Crippen LogP contribution in [0, 0.1) is 0 Å². The van der Waals surface area contributed by atoms with Crippen molar-refractivity contribution in [2.75, 3.05) is 47.5 Å². The van der Waals surface area contributed by atoms with E-state index in [1.54, 1.807) is 0 Å². The highest BCUT2D eigenvalue weighted by molar-refractivity contribution is 7.45. The zero-order valence-corrected chi connectivity index (χ0v) is 31.4. The third kappa shape index (κ3) is 33.9. The molecule has 0 saturated heterocycles. The zero-order valence-electron chi connectivity index (χ0n) is 30.5. The summed E-state index contributed by atoms with van der Waals surface area (Å²) in [5, 5.41) is 0. The summed E-state index contributed by atoms with van der Waals surface area (Å²) in [5.74, 6) is -0.863. The number of quaternary nitrogens is 1. The van der Waals surface area contributed by atoms with Crippen LogP contribution in [0.3, 0.4) is 0 Å². The molecule has 0 heterocycles. The fourth-order valence-corrected chi connectivity index (χ4v) is 5.28. The number of esters is 2. The molecule has 1 unspecified atom stereocenters. The summed E-state index contributed by atoms with van der Waals surface area (Å²) in [4.78, 5) is 37.1. The predicted molar refractivity (Wildman–Crippen MR) is 190 cm³/mol. The molecule has 0 rings (SSSR count). The van der Waals surface area contributed by atoms with Crippen molar-refractivity contribution in [3.8, 4) is 0 Å². The van der Waals surface area contributed by atoms with Crippen molar-refractivity contribution in [1.29, 1.82) is 0 Å². The summed E-state index contributed by atoms with van der Waals surface area (Å²) < 4.78 is 33.6. The van der Waals surface area contributed by atoms with Gasteiger partial charge in [-0.25, -0.2) is 0 Å². The summed E-state index contributed by atoms with van der Waals surface area (Å²) in [6.07, 6.45) is 30.4. The van der Waals surface area contributed by atoms with Crippen LogP contribution in [0.25, 0.3) is 0 Å². The van der Waals surface area contributed by atoms with Crippen molar-refractivity contribution in [1.82, 2.24) is 0 Å². The lowest BCUT2D eigenvalue weighted by molar-refractivity contribution is -0.870. The van der Waals surface area contributed by atoms with Gasteiger partial charge in [0.05, 0.1) is 27.7 Å². The van der Waals surface area contributed by atoms with Gasteiger partial charge in [-0.05, 0) is 44.9 Å². The molecule has 47 heavy (non-hydrogen) atoms. The fourth-order valence-electron chi connectivity index (χ4n) is 4.55. The van der Waals surface area contributed by atoms with E-state index in [9.17, 15) is 19.0 Å². The summed E-state index contributed by atoms with van der Waals surface area (Å²) in [6.45, 7) is 4.03. The molecule has 0 aliphatic carbocycles. The number of phosphoric acid groups is 1. The SMILES string of the molecule is CC/C=C/C/C=C/C/C=C/CCCCCCCC(=O)OC[C@@H](COP(=O)([O-])OCC[N+](C)(C)C)OC(=O)CCCCCCCCCC. The van der Waals surface area contributed by atoms with Crippen LogP contribution in [0.1, 0.15) is 136 Å². The van der Waals surface area contributed by atoms with Crippen LogP contribution in [0.15, 0.2) is 36.5 Å². The molecule has 0 saturated carbocycles. The first kappa shape index (κ1) is 45.2. The molecule has 0 radical (unpaired) electrons. The van der Waals surface area contributed by atoms with E-state index in [4.69, 9.17) is 18.5 Å². The van der Waals surface area contributed by atoms with Crippen LogP contribution >= 0.6 is 7.82 Å². The summed E-state index contributed by atoms with van der Waals surface area (Å²) in [5.41, 5.74) is 0. The first-order valence-electron chi connectivity index (χ1n) is 18.2. The van der Waals surface area contributed by atoms with Gasteiger partial charge in [0.2, 0.25) is 0 Å². The number of carbonyl (C=O) groups is 2. The number of carbonyl (C=O) groups excluding carboxylic acids is 2. The molecule has 0 aliphatic heterocycles.